The molecule has 0 aliphatic rings. The molecule has 0 aromatic heterocycles. The van der Waals surface area contributed by atoms with E-state index in [4.69, 9.17) is 9.94 Å². The Labute approximate surface area is 109 Å². The molecule has 0 saturated carbocycles. The number of benzene rings is 1. The SMILES string of the molecule is CCCCCOc1ccc(CC/C(C)=N/O)cc1. The first-order valence-electron chi connectivity index (χ1n) is 6.65. The molecule has 0 saturated heterocycles. The van der Waals surface area contributed by atoms with Gasteiger partial charge in [0, 0.05) is 0 Å². The van der Waals surface area contributed by atoms with Crippen molar-refractivity contribution in [2.24, 2.45) is 5.16 Å². The Morgan fingerprint density at radius 3 is 2.56 bits per heavy atom. The molecular weight excluding hydrogens is 226 g/mol. The highest BCUT2D eigenvalue weighted by molar-refractivity contribution is 5.81. The third-order valence-electron chi connectivity index (χ3n) is 2.89. The van der Waals surface area contributed by atoms with E-state index in [0.717, 1.165) is 37.3 Å². The van der Waals surface area contributed by atoms with Gasteiger partial charge in [0.25, 0.3) is 0 Å². The van der Waals surface area contributed by atoms with Crippen LogP contribution >= 0.6 is 0 Å². The van der Waals surface area contributed by atoms with Crippen molar-refractivity contribution in [1.29, 1.82) is 0 Å². The fraction of sp³-hybridized carbons (Fsp3) is 0.533. The summed E-state index contributed by atoms with van der Waals surface area (Å²) in [7, 11) is 0. The Hall–Kier alpha value is -1.51. The van der Waals surface area contributed by atoms with Crippen LogP contribution in [0.2, 0.25) is 0 Å². The van der Waals surface area contributed by atoms with Crippen LogP contribution in [0.4, 0.5) is 0 Å². The smallest absolute Gasteiger partial charge is 0.119 e. The van der Waals surface area contributed by atoms with Gasteiger partial charge in [0.2, 0.25) is 0 Å². The Balaban J connectivity index is 2.33. The molecule has 0 atom stereocenters. The Bertz CT molecular complexity index is 357. The highest BCUT2D eigenvalue weighted by atomic mass is 16.5. The van der Waals surface area contributed by atoms with Gasteiger partial charge in [-0.25, -0.2) is 0 Å². The Kier molecular flexibility index (Phi) is 6.92. The summed E-state index contributed by atoms with van der Waals surface area (Å²) in [5.41, 5.74) is 1.99. The van der Waals surface area contributed by atoms with E-state index in [1.807, 2.05) is 19.1 Å². The fourth-order valence-corrected chi connectivity index (χ4v) is 1.67. The van der Waals surface area contributed by atoms with Gasteiger partial charge in [-0.3, -0.25) is 0 Å². The van der Waals surface area contributed by atoms with Gasteiger partial charge in [-0.05, 0) is 43.9 Å². The van der Waals surface area contributed by atoms with Gasteiger partial charge in [-0.15, -0.1) is 0 Å². The van der Waals surface area contributed by atoms with Gasteiger partial charge in [-0.1, -0.05) is 37.1 Å². The molecule has 1 aromatic carbocycles. The molecule has 0 heterocycles. The minimum Gasteiger partial charge on any atom is -0.494 e. The number of aryl methyl sites for hydroxylation is 1. The van der Waals surface area contributed by atoms with Crippen molar-refractivity contribution in [3.8, 4) is 5.75 Å². The van der Waals surface area contributed by atoms with E-state index in [2.05, 4.69) is 24.2 Å². The summed E-state index contributed by atoms with van der Waals surface area (Å²) >= 11 is 0. The topological polar surface area (TPSA) is 41.8 Å². The van der Waals surface area contributed by atoms with Crippen molar-refractivity contribution in [2.45, 2.75) is 46.0 Å². The second-order valence-corrected chi connectivity index (χ2v) is 4.53. The third kappa shape index (κ3) is 5.71. The maximum absolute atomic E-state index is 8.57. The number of hydrogen-bond donors (Lipinski definition) is 1. The lowest BCUT2D eigenvalue weighted by atomic mass is 10.1. The van der Waals surface area contributed by atoms with Crippen LogP contribution in [0.5, 0.6) is 5.75 Å². The molecule has 0 fully saturated rings. The number of rotatable bonds is 8. The lowest BCUT2D eigenvalue weighted by Gasteiger charge is -2.06. The second-order valence-electron chi connectivity index (χ2n) is 4.53. The van der Waals surface area contributed by atoms with Crippen molar-refractivity contribution < 1.29 is 9.94 Å². The number of unbranched alkanes of at least 4 members (excludes halogenated alkanes) is 2. The average molecular weight is 249 g/mol. The summed E-state index contributed by atoms with van der Waals surface area (Å²) in [6.45, 7) is 4.81. The van der Waals surface area contributed by atoms with Crippen LogP contribution in [0.15, 0.2) is 29.4 Å². The zero-order valence-electron chi connectivity index (χ0n) is 11.4. The maximum atomic E-state index is 8.57. The van der Waals surface area contributed by atoms with Crippen LogP contribution in [0, 0.1) is 0 Å². The summed E-state index contributed by atoms with van der Waals surface area (Å²) in [4.78, 5) is 0. The monoisotopic (exact) mass is 249 g/mol. The zero-order chi connectivity index (χ0) is 13.2. The summed E-state index contributed by atoms with van der Waals surface area (Å²) in [6.07, 6.45) is 5.23. The summed E-state index contributed by atoms with van der Waals surface area (Å²) in [6, 6.07) is 8.15. The standard InChI is InChI=1S/C15H23NO2/c1-3-4-5-12-18-15-10-8-14(9-11-15)7-6-13(2)16-17/h8-11,17H,3-7,12H2,1-2H3/b16-13+. The molecule has 0 aliphatic heterocycles. The normalized spacial score (nSPS) is 11.6. The second kappa shape index (κ2) is 8.56. The highest BCUT2D eigenvalue weighted by Crippen LogP contribution is 2.14. The van der Waals surface area contributed by atoms with Crippen LogP contribution < -0.4 is 4.74 Å². The van der Waals surface area contributed by atoms with Crippen molar-refractivity contribution in [2.75, 3.05) is 6.61 Å². The van der Waals surface area contributed by atoms with Crippen LogP contribution in [0.1, 0.15) is 45.1 Å². The van der Waals surface area contributed by atoms with E-state index in [0.29, 0.717) is 0 Å². The quantitative estimate of drug-likeness (QED) is 0.327. The van der Waals surface area contributed by atoms with E-state index in [1.165, 1.54) is 18.4 Å². The van der Waals surface area contributed by atoms with Crippen LogP contribution in [-0.2, 0) is 6.42 Å². The van der Waals surface area contributed by atoms with Gasteiger partial charge in [-0.2, -0.15) is 0 Å². The lowest BCUT2D eigenvalue weighted by Crippen LogP contribution is -1.98. The predicted octanol–water partition coefficient (Wildman–Crippen LogP) is 4.04. The highest BCUT2D eigenvalue weighted by Gasteiger charge is 1.98. The number of hydrogen-bond acceptors (Lipinski definition) is 3. The van der Waals surface area contributed by atoms with Gasteiger partial charge in [0.1, 0.15) is 5.75 Å². The molecule has 0 spiro atoms. The maximum Gasteiger partial charge on any atom is 0.119 e. The Morgan fingerprint density at radius 2 is 1.94 bits per heavy atom. The van der Waals surface area contributed by atoms with Crippen LogP contribution in [0.3, 0.4) is 0 Å². The molecule has 3 nitrogen and oxygen atoms in total. The van der Waals surface area contributed by atoms with E-state index >= 15 is 0 Å². The minimum atomic E-state index is 0.759. The van der Waals surface area contributed by atoms with Crippen molar-refractivity contribution in [3.63, 3.8) is 0 Å². The molecule has 3 heteroatoms. The first kappa shape index (κ1) is 14.6. The van der Waals surface area contributed by atoms with Gasteiger partial charge in [0.05, 0.1) is 12.3 Å². The van der Waals surface area contributed by atoms with Gasteiger partial charge in [0.15, 0.2) is 0 Å². The minimum absolute atomic E-state index is 0.759. The molecule has 0 bridgehead atoms. The average Bonchev–Trinajstić information content (AvgIpc) is 2.42. The van der Waals surface area contributed by atoms with Crippen LogP contribution in [-0.4, -0.2) is 17.5 Å². The van der Waals surface area contributed by atoms with Crippen molar-refractivity contribution >= 4 is 5.71 Å². The third-order valence-corrected chi connectivity index (χ3v) is 2.89. The predicted molar refractivity (Wildman–Crippen MR) is 74.7 cm³/mol. The molecule has 0 aliphatic carbocycles. The van der Waals surface area contributed by atoms with Crippen LogP contribution in [0.25, 0.3) is 0 Å². The van der Waals surface area contributed by atoms with Gasteiger partial charge < -0.3 is 9.94 Å². The molecule has 0 unspecified atom stereocenters. The van der Waals surface area contributed by atoms with Crippen molar-refractivity contribution in [1.82, 2.24) is 0 Å². The molecule has 18 heavy (non-hydrogen) atoms. The largest absolute Gasteiger partial charge is 0.494 e. The number of nitrogens with zero attached hydrogens (tertiary/aromatic N) is 1. The molecule has 100 valence electrons. The first-order valence-corrected chi connectivity index (χ1v) is 6.65. The van der Waals surface area contributed by atoms with Gasteiger partial charge >= 0.3 is 0 Å². The van der Waals surface area contributed by atoms with Crippen molar-refractivity contribution in [3.05, 3.63) is 29.8 Å². The zero-order valence-corrected chi connectivity index (χ0v) is 11.4. The molecule has 1 aromatic rings. The van der Waals surface area contributed by atoms with E-state index in [-0.39, 0.29) is 0 Å². The number of ether oxygens (including phenoxy) is 1. The summed E-state index contributed by atoms with van der Waals surface area (Å²) < 4.78 is 5.65. The lowest BCUT2D eigenvalue weighted by molar-refractivity contribution is 0.306. The molecular formula is C15H23NO2. The molecule has 1 N–H and O–H groups in total. The Morgan fingerprint density at radius 1 is 1.22 bits per heavy atom. The van der Waals surface area contributed by atoms with E-state index in [1.54, 1.807) is 0 Å². The van der Waals surface area contributed by atoms with E-state index < -0.39 is 0 Å². The molecule has 0 amide bonds. The summed E-state index contributed by atoms with van der Waals surface area (Å²) in [5, 5.41) is 11.7. The summed E-state index contributed by atoms with van der Waals surface area (Å²) in [5.74, 6) is 0.933. The first-order chi connectivity index (χ1) is 8.76. The number of oxime groups is 1. The molecule has 1 rings (SSSR count). The van der Waals surface area contributed by atoms with E-state index in [9.17, 15) is 0 Å². The molecule has 0 radical (unpaired) electrons. The fourth-order valence-electron chi connectivity index (χ4n) is 1.67.